The molecule has 0 radical (unpaired) electrons. The summed E-state index contributed by atoms with van der Waals surface area (Å²) in [6.45, 7) is 4.82. The zero-order valence-electron chi connectivity index (χ0n) is 18.8. The first-order chi connectivity index (χ1) is 16.3. The summed E-state index contributed by atoms with van der Waals surface area (Å²) in [6, 6.07) is 20.7. The van der Waals surface area contributed by atoms with Gasteiger partial charge < -0.3 is 10.1 Å². The van der Waals surface area contributed by atoms with Crippen LogP contribution in [0.25, 0.3) is 0 Å². The molecule has 0 aliphatic heterocycles. The molecule has 3 aromatic carbocycles. The molecule has 0 aliphatic rings. The van der Waals surface area contributed by atoms with E-state index in [4.69, 9.17) is 16.3 Å². The third-order valence-corrected chi connectivity index (χ3v) is 5.97. The van der Waals surface area contributed by atoms with E-state index in [0.29, 0.717) is 28.9 Å². The van der Waals surface area contributed by atoms with Crippen LogP contribution in [-0.2, 0) is 22.7 Å². The Labute approximate surface area is 212 Å². The van der Waals surface area contributed by atoms with Crippen molar-refractivity contribution < 1.29 is 14.3 Å². The number of hydrazone groups is 1. The minimum Gasteiger partial charge on any atom is -0.488 e. The maximum atomic E-state index is 12.0. The van der Waals surface area contributed by atoms with Crippen LogP contribution >= 0.6 is 27.5 Å². The van der Waals surface area contributed by atoms with Crippen molar-refractivity contribution in [3.05, 3.63) is 98.5 Å². The summed E-state index contributed by atoms with van der Waals surface area (Å²) in [4.78, 5) is 24.0. The SMILES string of the molecule is CC(C)c1ccc(CNC(=O)C(=O)N/N=C\c2ccc(OCc3ccccc3Cl)c(Br)c2)cc1. The first-order valence-corrected chi connectivity index (χ1v) is 11.9. The number of carbonyl (C=O) groups is 2. The van der Waals surface area contributed by atoms with Gasteiger partial charge in [0.2, 0.25) is 0 Å². The zero-order chi connectivity index (χ0) is 24.5. The molecule has 0 saturated carbocycles. The van der Waals surface area contributed by atoms with Crippen molar-refractivity contribution in [3.8, 4) is 5.75 Å². The van der Waals surface area contributed by atoms with E-state index in [0.717, 1.165) is 15.6 Å². The highest BCUT2D eigenvalue weighted by molar-refractivity contribution is 9.10. The molecule has 176 valence electrons. The quantitative estimate of drug-likeness (QED) is 0.222. The van der Waals surface area contributed by atoms with Crippen molar-refractivity contribution in [2.24, 2.45) is 5.10 Å². The molecule has 8 heteroatoms. The van der Waals surface area contributed by atoms with Crippen molar-refractivity contribution in [2.45, 2.75) is 32.9 Å². The highest BCUT2D eigenvalue weighted by Gasteiger charge is 2.12. The number of ether oxygens (including phenoxy) is 1. The molecule has 0 spiro atoms. The molecule has 0 aromatic heterocycles. The van der Waals surface area contributed by atoms with Gasteiger partial charge in [-0.3, -0.25) is 9.59 Å². The molecule has 0 bridgehead atoms. The second-order valence-electron chi connectivity index (χ2n) is 7.85. The van der Waals surface area contributed by atoms with Gasteiger partial charge in [0.05, 0.1) is 10.7 Å². The van der Waals surface area contributed by atoms with Gasteiger partial charge in [0.1, 0.15) is 12.4 Å². The second kappa shape index (κ2) is 12.3. The summed E-state index contributed by atoms with van der Waals surface area (Å²) in [5.41, 5.74) is 5.96. The van der Waals surface area contributed by atoms with Crippen LogP contribution in [-0.4, -0.2) is 18.0 Å². The smallest absolute Gasteiger partial charge is 0.329 e. The number of amides is 2. The van der Waals surface area contributed by atoms with Gasteiger partial charge in [-0.2, -0.15) is 5.10 Å². The fraction of sp³-hybridized carbons (Fsp3) is 0.192. The minimum absolute atomic E-state index is 0.261. The van der Waals surface area contributed by atoms with Crippen LogP contribution in [0.4, 0.5) is 0 Å². The first kappa shape index (κ1) is 25.5. The number of rotatable bonds is 8. The Bertz CT molecular complexity index is 1180. The lowest BCUT2D eigenvalue weighted by atomic mass is 10.0. The van der Waals surface area contributed by atoms with Crippen molar-refractivity contribution in [1.29, 1.82) is 0 Å². The van der Waals surface area contributed by atoms with Gasteiger partial charge in [-0.1, -0.05) is 67.9 Å². The van der Waals surface area contributed by atoms with Gasteiger partial charge in [-0.25, -0.2) is 5.43 Å². The van der Waals surface area contributed by atoms with Gasteiger partial charge in [0, 0.05) is 17.1 Å². The lowest BCUT2D eigenvalue weighted by Gasteiger charge is -2.10. The van der Waals surface area contributed by atoms with Crippen molar-refractivity contribution in [1.82, 2.24) is 10.7 Å². The fourth-order valence-corrected chi connectivity index (χ4v) is 3.69. The Hall–Kier alpha value is -3.16. The monoisotopic (exact) mass is 541 g/mol. The largest absolute Gasteiger partial charge is 0.488 e. The Balaban J connectivity index is 1.47. The number of hydrogen-bond acceptors (Lipinski definition) is 4. The topological polar surface area (TPSA) is 79.8 Å². The van der Waals surface area contributed by atoms with Crippen LogP contribution in [0.15, 0.2) is 76.3 Å². The van der Waals surface area contributed by atoms with Gasteiger partial charge in [0.25, 0.3) is 0 Å². The Kier molecular flexibility index (Phi) is 9.24. The minimum atomic E-state index is -0.839. The molecule has 0 unspecified atom stereocenters. The molecule has 3 rings (SSSR count). The van der Waals surface area contributed by atoms with E-state index < -0.39 is 11.8 Å². The van der Waals surface area contributed by atoms with Gasteiger partial charge in [-0.05, 0) is 62.8 Å². The van der Waals surface area contributed by atoms with Crippen molar-refractivity contribution >= 4 is 45.6 Å². The normalized spacial score (nSPS) is 11.0. The van der Waals surface area contributed by atoms with E-state index in [1.165, 1.54) is 11.8 Å². The molecule has 0 atom stereocenters. The van der Waals surface area contributed by atoms with Crippen LogP contribution in [0.2, 0.25) is 5.02 Å². The van der Waals surface area contributed by atoms with E-state index in [-0.39, 0.29) is 6.54 Å². The molecule has 2 N–H and O–H groups in total. The molecule has 0 heterocycles. The highest BCUT2D eigenvalue weighted by atomic mass is 79.9. The van der Waals surface area contributed by atoms with Crippen LogP contribution < -0.4 is 15.5 Å². The van der Waals surface area contributed by atoms with E-state index >= 15 is 0 Å². The predicted molar refractivity (Wildman–Crippen MR) is 138 cm³/mol. The van der Waals surface area contributed by atoms with Crippen LogP contribution in [0.1, 0.15) is 42.0 Å². The lowest BCUT2D eigenvalue weighted by molar-refractivity contribution is -0.139. The van der Waals surface area contributed by atoms with Crippen LogP contribution in [0.3, 0.4) is 0 Å². The number of benzene rings is 3. The molecule has 0 fully saturated rings. The standard InChI is InChI=1S/C26H25BrClN3O3/c1-17(2)20-10-7-18(8-11-20)14-29-25(32)26(33)31-30-15-19-9-12-24(22(27)13-19)34-16-21-5-3-4-6-23(21)28/h3-13,15,17H,14,16H2,1-2H3,(H,29,32)(H,31,33)/b30-15-. The average molecular weight is 543 g/mol. The summed E-state index contributed by atoms with van der Waals surface area (Å²) >= 11 is 9.62. The molecule has 34 heavy (non-hydrogen) atoms. The van der Waals surface area contributed by atoms with Crippen LogP contribution in [0, 0.1) is 0 Å². The number of halogens is 2. The number of nitrogens with one attached hydrogen (secondary N) is 2. The summed E-state index contributed by atoms with van der Waals surface area (Å²) in [7, 11) is 0. The van der Waals surface area contributed by atoms with Crippen molar-refractivity contribution in [3.63, 3.8) is 0 Å². The molecule has 6 nitrogen and oxygen atoms in total. The summed E-state index contributed by atoms with van der Waals surface area (Å²) in [5.74, 6) is -0.518. The fourth-order valence-electron chi connectivity index (χ4n) is 2.98. The number of nitrogens with zero attached hydrogens (tertiary/aromatic N) is 1. The molecular weight excluding hydrogens is 518 g/mol. The maximum absolute atomic E-state index is 12.0. The summed E-state index contributed by atoms with van der Waals surface area (Å²) < 4.78 is 6.53. The molecule has 3 aromatic rings. The maximum Gasteiger partial charge on any atom is 0.329 e. The number of carbonyl (C=O) groups excluding carboxylic acids is 2. The third kappa shape index (κ3) is 7.43. The second-order valence-corrected chi connectivity index (χ2v) is 9.11. The van der Waals surface area contributed by atoms with Crippen LogP contribution in [0.5, 0.6) is 5.75 Å². The molecular formula is C26H25BrClN3O3. The van der Waals surface area contributed by atoms with Gasteiger partial charge in [0.15, 0.2) is 0 Å². The molecule has 0 aliphatic carbocycles. The highest BCUT2D eigenvalue weighted by Crippen LogP contribution is 2.27. The summed E-state index contributed by atoms with van der Waals surface area (Å²) in [5, 5.41) is 7.09. The third-order valence-electron chi connectivity index (χ3n) is 4.98. The lowest BCUT2D eigenvalue weighted by Crippen LogP contribution is -2.37. The molecule has 0 saturated heterocycles. The Morgan fingerprint density at radius 1 is 1.06 bits per heavy atom. The van der Waals surface area contributed by atoms with E-state index in [2.05, 4.69) is 45.6 Å². The summed E-state index contributed by atoms with van der Waals surface area (Å²) in [6.07, 6.45) is 1.44. The average Bonchev–Trinajstić information content (AvgIpc) is 2.83. The first-order valence-electron chi connectivity index (χ1n) is 10.7. The predicted octanol–water partition coefficient (Wildman–Crippen LogP) is 5.57. The number of hydrogen-bond donors (Lipinski definition) is 2. The zero-order valence-corrected chi connectivity index (χ0v) is 21.2. The molecule has 2 amide bonds. The van der Waals surface area contributed by atoms with Gasteiger partial charge >= 0.3 is 11.8 Å². The van der Waals surface area contributed by atoms with E-state index in [1.807, 2.05) is 48.5 Å². The van der Waals surface area contributed by atoms with E-state index in [9.17, 15) is 9.59 Å². The van der Waals surface area contributed by atoms with Crippen molar-refractivity contribution in [2.75, 3.05) is 0 Å². The van der Waals surface area contributed by atoms with Gasteiger partial charge in [-0.15, -0.1) is 0 Å². The van der Waals surface area contributed by atoms with E-state index in [1.54, 1.807) is 18.2 Å². The Morgan fingerprint density at radius 3 is 2.47 bits per heavy atom. The Morgan fingerprint density at radius 2 is 1.79 bits per heavy atom.